The van der Waals surface area contributed by atoms with Gasteiger partial charge in [-0.1, -0.05) is 26.0 Å². The van der Waals surface area contributed by atoms with E-state index in [9.17, 15) is 23.1 Å². The molecule has 0 aromatic heterocycles. The van der Waals surface area contributed by atoms with E-state index in [1.165, 1.54) is 12.1 Å². The zero-order chi connectivity index (χ0) is 18.4. The zero-order valence-corrected chi connectivity index (χ0v) is 14.6. The number of carbonyl (C=O) groups excluding carboxylic acids is 1. The van der Waals surface area contributed by atoms with Crippen molar-refractivity contribution in [2.24, 2.45) is 5.92 Å². The minimum Gasteiger partial charge on any atom is -0.480 e. The number of benzene rings is 2. The summed E-state index contributed by atoms with van der Waals surface area (Å²) < 4.78 is 27.8. The first kappa shape index (κ1) is 17.4. The summed E-state index contributed by atoms with van der Waals surface area (Å²) in [4.78, 5) is 23.3. The summed E-state index contributed by atoms with van der Waals surface area (Å²) in [5.74, 6) is -1.50. The van der Waals surface area contributed by atoms with Gasteiger partial charge < -0.3 is 10.4 Å². The van der Waals surface area contributed by atoms with Crippen molar-refractivity contribution < 1.29 is 23.1 Å². The second-order valence-corrected chi connectivity index (χ2v) is 8.12. The molecule has 1 unspecified atom stereocenters. The van der Waals surface area contributed by atoms with Crippen molar-refractivity contribution in [3.8, 4) is 0 Å². The molecule has 3 N–H and O–H groups in total. The van der Waals surface area contributed by atoms with Crippen LogP contribution in [0.1, 0.15) is 30.6 Å². The first-order chi connectivity index (χ1) is 11.7. The van der Waals surface area contributed by atoms with Crippen LogP contribution in [0.5, 0.6) is 0 Å². The van der Waals surface area contributed by atoms with Crippen LogP contribution in [0.3, 0.4) is 0 Å². The molecule has 132 valence electrons. The van der Waals surface area contributed by atoms with E-state index < -0.39 is 22.0 Å². The van der Waals surface area contributed by atoms with Gasteiger partial charge in [0.15, 0.2) is 0 Å². The van der Waals surface area contributed by atoms with Crippen LogP contribution in [0.25, 0.3) is 10.8 Å². The normalized spacial score (nSPS) is 14.8. The van der Waals surface area contributed by atoms with Crippen LogP contribution in [-0.4, -0.2) is 31.4 Å². The fourth-order valence-electron chi connectivity index (χ4n) is 3.02. The molecule has 0 spiro atoms. The maximum Gasteiger partial charge on any atom is 0.321 e. The summed E-state index contributed by atoms with van der Waals surface area (Å²) in [5, 5.41) is 12.9. The van der Waals surface area contributed by atoms with Crippen LogP contribution in [0, 0.1) is 5.92 Å². The van der Waals surface area contributed by atoms with Gasteiger partial charge in [0.2, 0.25) is 10.0 Å². The smallest absolute Gasteiger partial charge is 0.321 e. The third kappa shape index (κ3) is 3.10. The van der Waals surface area contributed by atoms with Crippen molar-refractivity contribution >= 4 is 38.4 Å². The first-order valence-electron chi connectivity index (χ1n) is 7.83. The number of amides is 1. The molecule has 7 nitrogen and oxygen atoms in total. The zero-order valence-electron chi connectivity index (χ0n) is 13.7. The fraction of sp³-hybridized carbons (Fsp3) is 0.294. The van der Waals surface area contributed by atoms with E-state index in [2.05, 4.69) is 10.0 Å². The molecule has 2 aromatic carbocycles. The van der Waals surface area contributed by atoms with Crippen LogP contribution in [-0.2, 0) is 14.8 Å². The minimum absolute atomic E-state index is 0.0124. The SMILES string of the molecule is CC(C)CC(NS(=O)(=O)c1ccc2c3c(cccc13)C(=O)N2)C(=O)O. The molecule has 8 heteroatoms. The molecular formula is C17H18N2O5S. The molecule has 0 saturated carbocycles. The van der Waals surface area contributed by atoms with E-state index in [1.807, 2.05) is 13.8 Å². The number of carboxylic acids is 1. The Morgan fingerprint density at radius 1 is 1.24 bits per heavy atom. The molecular weight excluding hydrogens is 344 g/mol. The molecule has 2 aromatic rings. The maximum absolute atomic E-state index is 12.8. The average Bonchev–Trinajstić information content (AvgIpc) is 2.84. The molecule has 0 aliphatic carbocycles. The number of hydrogen-bond donors (Lipinski definition) is 3. The highest BCUT2D eigenvalue weighted by Gasteiger charge is 2.30. The molecule has 0 fully saturated rings. The van der Waals surface area contributed by atoms with Crippen molar-refractivity contribution in [1.29, 1.82) is 0 Å². The summed E-state index contributed by atoms with van der Waals surface area (Å²) in [5.41, 5.74) is 0.952. The highest BCUT2D eigenvalue weighted by molar-refractivity contribution is 7.89. The number of carboxylic acid groups (broad SMARTS) is 1. The lowest BCUT2D eigenvalue weighted by Crippen LogP contribution is -2.41. The van der Waals surface area contributed by atoms with E-state index >= 15 is 0 Å². The van der Waals surface area contributed by atoms with Crippen molar-refractivity contribution in [2.75, 3.05) is 5.32 Å². The summed E-state index contributed by atoms with van der Waals surface area (Å²) in [6.07, 6.45) is 0.176. The van der Waals surface area contributed by atoms with Crippen molar-refractivity contribution in [3.05, 3.63) is 35.9 Å². The molecule has 1 atom stereocenters. The van der Waals surface area contributed by atoms with Gasteiger partial charge in [0.1, 0.15) is 6.04 Å². The maximum atomic E-state index is 12.8. The van der Waals surface area contributed by atoms with E-state index in [1.54, 1.807) is 18.2 Å². The molecule has 1 aliphatic rings. The van der Waals surface area contributed by atoms with Crippen molar-refractivity contribution in [1.82, 2.24) is 4.72 Å². The highest BCUT2D eigenvalue weighted by Crippen LogP contribution is 2.36. The Hall–Kier alpha value is -2.45. The molecule has 1 aliphatic heterocycles. The fourth-order valence-corrected chi connectivity index (χ4v) is 4.42. The van der Waals surface area contributed by atoms with Crippen molar-refractivity contribution in [2.45, 2.75) is 31.2 Å². The molecule has 1 amide bonds. The Morgan fingerprint density at radius 2 is 1.96 bits per heavy atom. The Kier molecular flexibility index (Phi) is 4.26. The molecule has 3 rings (SSSR count). The van der Waals surface area contributed by atoms with Crippen LogP contribution in [0.4, 0.5) is 5.69 Å². The number of aliphatic carboxylic acids is 1. The highest BCUT2D eigenvalue weighted by atomic mass is 32.2. The molecule has 1 heterocycles. The number of sulfonamides is 1. The van der Waals surface area contributed by atoms with Gasteiger partial charge in [0.25, 0.3) is 5.91 Å². The monoisotopic (exact) mass is 362 g/mol. The second kappa shape index (κ2) is 6.12. The van der Waals surface area contributed by atoms with Crippen LogP contribution in [0.2, 0.25) is 0 Å². The number of rotatable bonds is 6. The quantitative estimate of drug-likeness (QED) is 0.729. The Morgan fingerprint density at radius 3 is 2.60 bits per heavy atom. The number of hydrogen-bond acceptors (Lipinski definition) is 4. The van der Waals surface area contributed by atoms with Gasteiger partial charge in [-0.15, -0.1) is 0 Å². The molecule has 0 radical (unpaired) electrons. The van der Waals surface area contributed by atoms with E-state index in [4.69, 9.17) is 0 Å². The lowest BCUT2D eigenvalue weighted by atomic mass is 10.1. The average molecular weight is 362 g/mol. The third-order valence-corrected chi connectivity index (χ3v) is 5.62. The minimum atomic E-state index is -4.07. The number of nitrogens with one attached hydrogen (secondary N) is 2. The van der Waals surface area contributed by atoms with Gasteiger partial charge in [-0.2, -0.15) is 4.72 Å². The number of anilines is 1. The van der Waals surface area contributed by atoms with Gasteiger partial charge in [-0.3, -0.25) is 9.59 Å². The topological polar surface area (TPSA) is 113 Å². The van der Waals surface area contributed by atoms with Gasteiger partial charge in [0, 0.05) is 22.0 Å². The summed E-state index contributed by atoms with van der Waals surface area (Å²) in [7, 11) is -4.07. The first-order valence-corrected chi connectivity index (χ1v) is 9.31. The number of carbonyl (C=O) groups is 2. The summed E-state index contributed by atoms with van der Waals surface area (Å²) >= 11 is 0. The Balaban J connectivity index is 2.09. The molecule has 0 saturated heterocycles. The van der Waals surface area contributed by atoms with Gasteiger partial charge in [0.05, 0.1) is 4.90 Å². The Bertz CT molecular complexity index is 982. The van der Waals surface area contributed by atoms with Gasteiger partial charge in [-0.05, 0) is 30.5 Å². The third-order valence-electron chi connectivity index (χ3n) is 4.09. The van der Waals surface area contributed by atoms with E-state index in [0.717, 1.165) is 0 Å². The Labute approximate surface area is 145 Å². The lowest BCUT2D eigenvalue weighted by Gasteiger charge is -2.17. The van der Waals surface area contributed by atoms with Gasteiger partial charge in [-0.25, -0.2) is 8.42 Å². The molecule has 25 heavy (non-hydrogen) atoms. The van der Waals surface area contributed by atoms with Crippen LogP contribution < -0.4 is 10.0 Å². The van der Waals surface area contributed by atoms with E-state index in [-0.39, 0.29) is 23.1 Å². The summed E-state index contributed by atoms with van der Waals surface area (Å²) in [6, 6.07) is 6.51. The largest absolute Gasteiger partial charge is 0.480 e. The van der Waals surface area contributed by atoms with Gasteiger partial charge >= 0.3 is 5.97 Å². The van der Waals surface area contributed by atoms with Crippen molar-refractivity contribution in [3.63, 3.8) is 0 Å². The van der Waals surface area contributed by atoms with Crippen LogP contribution >= 0.6 is 0 Å². The predicted molar refractivity (Wildman–Crippen MR) is 93.1 cm³/mol. The lowest BCUT2D eigenvalue weighted by molar-refractivity contribution is -0.139. The van der Waals surface area contributed by atoms with E-state index in [0.29, 0.717) is 22.0 Å². The predicted octanol–water partition coefficient (Wildman–Crippen LogP) is 2.18. The van der Waals surface area contributed by atoms with Crippen LogP contribution in [0.15, 0.2) is 35.2 Å². The molecule has 0 bridgehead atoms. The summed E-state index contributed by atoms with van der Waals surface area (Å²) in [6.45, 7) is 3.64. The standard InChI is InChI=1S/C17H18N2O5S/c1-9(2)8-13(17(21)22)19-25(23,24)14-7-6-12-15-10(14)4-3-5-11(15)16(20)18-12/h3-7,9,13,19H,8H2,1-2H3,(H,18,20)(H,21,22). The second-order valence-electron chi connectivity index (χ2n) is 6.44.